The van der Waals surface area contributed by atoms with Crippen LogP contribution in [0.2, 0.25) is 0 Å². The predicted molar refractivity (Wildman–Crippen MR) is 76.8 cm³/mol. The summed E-state index contributed by atoms with van der Waals surface area (Å²) >= 11 is 0. The van der Waals surface area contributed by atoms with Crippen LogP contribution in [0.5, 0.6) is 0 Å². The van der Waals surface area contributed by atoms with Gasteiger partial charge in [0.1, 0.15) is 6.61 Å². The molecular formula is C18H22O2. The van der Waals surface area contributed by atoms with Crippen LogP contribution in [0.15, 0.2) is 30.3 Å². The first-order chi connectivity index (χ1) is 9.80. The number of ether oxygens (including phenoxy) is 1. The maximum Gasteiger partial charge on any atom is 0.312 e. The first-order valence-corrected chi connectivity index (χ1v) is 8.02. The Balaban J connectivity index is 1.50. The van der Waals surface area contributed by atoms with Gasteiger partial charge in [-0.3, -0.25) is 4.79 Å². The minimum absolute atomic E-state index is 0.0995. The molecule has 3 aliphatic rings. The van der Waals surface area contributed by atoms with Crippen molar-refractivity contribution in [2.45, 2.75) is 45.1 Å². The average molecular weight is 270 g/mol. The van der Waals surface area contributed by atoms with E-state index in [1.54, 1.807) is 0 Å². The van der Waals surface area contributed by atoms with Gasteiger partial charge < -0.3 is 4.74 Å². The molecule has 0 spiro atoms. The van der Waals surface area contributed by atoms with Crippen molar-refractivity contribution in [1.29, 1.82) is 0 Å². The lowest BCUT2D eigenvalue weighted by atomic mass is 9.68. The number of carbonyl (C=O) groups excluding carboxylic acids is 1. The van der Waals surface area contributed by atoms with E-state index in [4.69, 9.17) is 4.74 Å². The Hall–Kier alpha value is -1.31. The van der Waals surface area contributed by atoms with Crippen LogP contribution >= 0.6 is 0 Å². The van der Waals surface area contributed by atoms with Gasteiger partial charge >= 0.3 is 5.97 Å². The fourth-order valence-electron chi connectivity index (χ4n) is 5.35. The average Bonchev–Trinajstić information content (AvgIpc) is 3.17. The van der Waals surface area contributed by atoms with Gasteiger partial charge in [0.25, 0.3) is 0 Å². The molecule has 2 bridgehead atoms. The zero-order valence-electron chi connectivity index (χ0n) is 11.9. The topological polar surface area (TPSA) is 26.3 Å². The predicted octanol–water partition coefficient (Wildman–Crippen LogP) is 3.95. The fourth-order valence-corrected chi connectivity index (χ4v) is 5.35. The maximum atomic E-state index is 12.8. The molecule has 20 heavy (non-hydrogen) atoms. The Morgan fingerprint density at radius 2 is 2.05 bits per heavy atom. The first kappa shape index (κ1) is 12.4. The lowest BCUT2D eigenvalue weighted by Gasteiger charge is -2.37. The normalized spacial score (nSPS) is 37.9. The highest BCUT2D eigenvalue weighted by Gasteiger charge is 2.64. The Labute approximate surface area is 120 Å². The van der Waals surface area contributed by atoms with E-state index in [2.05, 4.69) is 0 Å². The van der Waals surface area contributed by atoms with E-state index in [9.17, 15) is 4.79 Å². The zero-order valence-corrected chi connectivity index (χ0v) is 11.9. The molecule has 0 N–H and O–H groups in total. The monoisotopic (exact) mass is 270 g/mol. The molecule has 0 unspecified atom stereocenters. The van der Waals surface area contributed by atoms with Crippen LogP contribution in [0, 0.1) is 23.2 Å². The second kappa shape index (κ2) is 4.61. The second-order valence-corrected chi connectivity index (χ2v) is 6.87. The van der Waals surface area contributed by atoms with E-state index in [-0.39, 0.29) is 11.4 Å². The summed E-state index contributed by atoms with van der Waals surface area (Å²) in [5.41, 5.74) is 0.993. The van der Waals surface area contributed by atoms with Gasteiger partial charge in [-0.25, -0.2) is 0 Å². The van der Waals surface area contributed by atoms with Crippen molar-refractivity contribution in [3.63, 3.8) is 0 Å². The van der Waals surface area contributed by atoms with Crippen LogP contribution in [0.4, 0.5) is 0 Å². The summed E-state index contributed by atoms with van der Waals surface area (Å²) in [6.07, 6.45) is 7.43. The molecule has 2 nitrogen and oxygen atoms in total. The third-order valence-electron chi connectivity index (χ3n) is 6.13. The molecular weight excluding hydrogens is 248 g/mol. The molecule has 0 aromatic heterocycles. The molecule has 0 heterocycles. The highest BCUT2D eigenvalue weighted by atomic mass is 16.5. The van der Waals surface area contributed by atoms with E-state index in [1.807, 2.05) is 30.3 Å². The minimum atomic E-state index is -0.0995. The van der Waals surface area contributed by atoms with Crippen LogP contribution in [0.3, 0.4) is 0 Å². The Bertz CT molecular complexity index is 509. The number of hydrogen-bond acceptors (Lipinski definition) is 2. The molecule has 0 saturated heterocycles. The smallest absolute Gasteiger partial charge is 0.312 e. The zero-order chi connectivity index (χ0) is 13.6. The molecule has 3 aliphatic carbocycles. The standard InChI is InChI=1S/C18H22O2/c19-17(20-12-13-5-2-1-3-6-13)18-10-4-7-16(18)14-8-9-15(18)11-14/h1-3,5-6,14-16H,4,7-12H2/t14-,15+,16-,18-/m1/s1. The molecule has 3 saturated carbocycles. The van der Waals surface area contributed by atoms with Gasteiger partial charge in [-0.05, 0) is 55.4 Å². The number of benzene rings is 1. The van der Waals surface area contributed by atoms with Gasteiger partial charge in [0.15, 0.2) is 0 Å². The third kappa shape index (κ3) is 1.66. The summed E-state index contributed by atoms with van der Waals surface area (Å²) in [7, 11) is 0. The van der Waals surface area contributed by atoms with Gasteiger partial charge in [-0.1, -0.05) is 36.8 Å². The van der Waals surface area contributed by atoms with E-state index < -0.39 is 0 Å². The van der Waals surface area contributed by atoms with Crippen molar-refractivity contribution < 1.29 is 9.53 Å². The van der Waals surface area contributed by atoms with Crippen molar-refractivity contribution >= 4 is 5.97 Å². The second-order valence-electron chi connectivity index (χ2n) is 6.87. The number of hydrogen-bond donors (Lipinski definition) is 0. The molecule has 1 aromatic carbocycles. The van der Waals surface area contributed by atoms with Gasteiger partial charge in [-0.2, -0.15) is 0 Å². The van der Waals surface area contributed by atoms with Gasteiger partial charge in [0, 0.05) is 0 Å². The van der Waals surface area contributed by atoms with Gasteiger partial charge in [0.05, 0.1) is 5.41 Å². The highest BCUT2D eigenvalue weighted by molar-refractivity contribution is 5.79. The summed E-state index contributed by atoms with van der Waals surface area (Å²) < 4.78 is 5.73. The molecule has 3 fully saturated rings. The first-order valence-electron chi connectivity index (χ1n) is 8.02. The third-order valence-corrected chi connectivity index (χ3v) is 6.13. The summed E-state index contributed by atoms with van der Waals surface area (Å²) in [5.74, 6) is 2.16. The molecule has 0 amide bonds. The largest absolute Gasteiger partial charge is 0.460 e. The van der Waals surface area contributed by atoms with E-state index in [0.717, 1.165) is 17.9 Å². The molecule has 0 radical (unpaired) electrons. The molecule has 4 rings (SSSR count). The SMILES string of the molecule is O=C(OCc1ccccc1)[C@@]12CCC[C@@H]1[C@@H]1CC[C@H]2C1. The highest BCUT2D eigenvalue weighted by Crippen LogP contribution is 2.66. The quantitative estimate of drug-likeness (QED) is 0.777. The summed E-state index contributed by atoms with van der Waals surface area (Å²) in [6, 6.07) is 10.0. The lowest BCUT2D eigenvalue weighted by Crippen LogP contribution is -2.41. The van der Waals surface area contributed by atoms with Crippen molar-refractivity contribution in [1.82, 2.24) is 0 Å². The van der Waals surface area contributed by atoms with Crippen LogP contribution in [0.25, 0.3) is 0 Å². The van der Waals surface area contributed by atoms with Crippen molar-refractivity contribution in [3.05, 3.63) is 35.9 Å². The minimum Gasteiger partial charge on any atom is -0.460 e. The molecule has 4 atom stereocenters. The number of carbonyl (C=O) groups is 1. The Morgan fingerprint density at radius 3 is 2.90 bits per heavy atom. The van der Waals surface area contributed by atoms with E-state index in [0.29, 0.717) is 18.4 Å². The number of fused-ring (bicyclic) bond motifs is 5. The van der Waals surface area contributed by atoms with Crippen molar-refractivity contribution in [3.8, 4) is 0 Å². The Kier molecular flexibility index (Phi) is 2.87. The summed E-state index contributed by atoms with van der Waals surface area (Å²) in [4.78, 5) is 12.8. The Morgan fingerprint density at radius 1 is 1.20 bits per heavy atom. The molecule has 106 valence electrons. The molecule has 2 heteroatoms. The molecule has 1 aromatic rings. The van der Waals surface area contributed by atoms with Crippen molar-refractivity contribution in [2.24, 2.45) is 23.2 Å². The number of rotatable bonds is 3. The van der Waals surface area contributed by atoms with E-state index >= 15 is 0 Å². The molecule has 0 aliphatic heterocycles. The van der Waals surface area contributed by atoms with Gasteiger partial charge in [-0.15, -0.1) is 0 Å². The lowest BCUT2D eigenvalue weighted by molar-refractivity contribution is -0.163. The van der Waals surface area contributed by atoms with Crippen LogP contribution in [0.1, 0.15) is 44.1 Å². The number of esters is 1. The summed E-state index contributed by atoms with van der Waals surface area (Å²) in [5, 5.41) is 0. The van der Waals surface area contributed by atoms with Crippen LogP contribution in [-0.2, 0) is 16.1 Å². The fraction of sp³-hybridized carbons (Fsp3) is 0.611. The van der Waals surface area contributed by atoms with E-state index in [1.165, 1.54) is 32.1 Å². The maximum absolute atomic E-state index is 12.8. The van der Waals surface area contributed by atoms with Gasteiger partial charge in [0.2, 0.25) is 0 Å². The van der Waals surface area contributed by atoms with Crippen LogP contribution in [-0.4, -0.2) is 5.97 Å². The summed E-state index contributed by atoms with van der Waals surface area (Å²) in [6.45, 7) is 0.436. The van der Waals surface area contributed by atoms with Crippen LogP contribution < -0.4 is 0 Å². The van der Waals surface area contributed by atoms with Crippen molar-refractivity contribution in [2.75, 3.05) is 0 Å².